The topological polar surface area (TPSA) is 64.9 Å². The molecule has 1 aromatic heterocycles. The zero-order valence-corrected chi connectivity index (χ0v) is 8.57. The maximum Gasteiger partial charge on any atom is 0.0752 e. The van der Waals surface area contributed by atoms with E-state index in [1.807, 2.05) is 25.1 Å². The van der Waals surface area contributed by atoms with Crippen LogP contribution in [0.25, 0.3) is 11.3 Å². The molecule has 2 rings (SSSR count). The molecule has 3 heteroatoms. The lowest BCUT2D eigenvalue weighted by molar-refractivity contribution is 1.27. The number of nitrogens with zero attached hydrogens (tertiary/aromatic N) is 1. The molecule has 1 aromatic carbocycles. The summed E-state index contributed by atoms with van der Waals surface area (Å²) in [6, 6.07) is 9.35. The summed E-state index contributed by atoms with van der Waals surface area (Å²) < 4.78 is 0. The van der Waals surface area contributed by atoms with Gasteiger partial charge in [-0.2, -0.15) is 0 Å². The highest BCUT2D eigenvalue weighted by Gasteiger charge is 2.06. The van der Waals surface area contributed by atoms with E-state index in [0.717, 1.165) is 16.8 Å². The van der Waals surface area contributed by atoms with Crippen molar-refractivity contribution in [1.29, 1.82) is 0 Å². The molecular weight excluding hydrogens is 186 g/mol. The fourth-order valence-electron chi connectivity index (χ4n) is 1.55. The average Bonchev–Trinajstić information content (AvgIpc) is 2.23. The van der Waals surface area contributed by atoms with Crippen molar-refractivity contribution in [2.45, 2.75) is 6.92 Å². The molecule has 3 nitrogen and oxygen atoms in total. The smallest absolute Gasteiger partial charge is 0.0752 e. The van der Waals surface area contributed by atoms with E-state index in [4.69, 9.17) is 11.5 Å². The Hall–Kier alpha value is -2.03. The molecule has 4 N–H and O–H groups in total. The summed E-state index contributed by atoms with van der Waals surface area (Å²) in [5, 5.41) is 0. The third-order valence-corrected chi connectivity index (χ3v) is 2.34. The second kappa shape index (κ2) is 3.61. The van der Waals surface area contributed by atoms with E-state index < -0.39 is 0 Å². The van der Waals surface area contributed by atoms with E-state index in [2.05, 4.69) is 4.98 Å². The number of nitrogens with two attached hydrogens (primary N) is 2. The molecule has 0 radical (unpaired) electrons. The van der Waals surface area contributed by atoms with Gasteiger partial charge in [-0.05, 0) is 36.8 Å². The van der Waals surface area contributed by atoms with Crippen molar-refractivity contribution in [1.82, 2.24) is 4.98 Å². The number of aromatic nitrogens is 1. The van der Waals surface area contributed by atoms with E-state index in [1.54, 1.807) is 18.3 Å². The molecule has 2 aromatic rings. The minimum atomic E-state index is 0.698. The van der Waals surface area contributed by atoms with Crippen LogP contribution in [-0.4, -0.2) is 4.98 Å². The highest BCUT2D eigenvalue weighted by atomic mass is 14.7. The van der Waals surface area contributed by atoms with Gasteiger partial charge in [0.15, 0.2) is 0 Å². The molecule has 0 aliphatic heterocycles. The second-order valence-corrected chi connectivity index (χ2v) is 3.52. The van der Waals surface area contributed by atoms with Crippen LogP contribution in [-0.2, 0) is 0 Å². The van der Waals surface area contributed by atoms with Gasteiger partial charge < -0.3 is 11.5 Å². The summed E-state index contributed by atoms with van der Waals surface area (Å²) in [6.45, 7) is 2.00. The van der Waals surface area contributed by atoms with Crippen molar-refractivity contribution < 1.29 is 0 Å². The number of rotatable bonds is 1. The summed E-state index contributed by atoms with van der Waals surface area (Å²) in [4.78, 5) is 4.31. The molecule has 0 unspecified atom stereocenters. The number of nitrogen functional groups attached to an aromatic ring is 2. The van der Waals surface area contributed by atoms with Crippen molar-refractivity contribution in [3.05, 3.63) is 42.1 Å². The van der Waals surface area contributed by atoms with Gasteiger partial charge in [0.05, 0.1) is 5.69 Å². The predicted octanol–water partition coefficient (Wildman–Crippen LogP) is 2.22. The monoisotopic (exact) mass is 199 g/mol. The van der Waals surface area contributed by atoms with Crippen LogP contribution in [0.5, 0.6) is 0 Å². The van der Waals surface area contributed by atoms with Gasteiger partial charge in [0, 0.05) is 23.1 Å². The van der Waals surface area contributed by atoms with Crippen molar-refractivity contribution in [2.75, 3.05) is 11.5 Å². The average molecular weight is 199 g/mol. The first-order chi connectivity index (χ1) is 7.18. The fraction of sp³-hybridized carbons (Fsp3) is 0.0833. The van der Waals surface area contributed by atoms with Crippen LogP contribution >= 0.6 is 0 Å². The zero-order valence-electron chi connectivity index (χ0n) is 8.57. The van der Waals surface area contributed by atoms with Gasteiger partial charge in [-0.25, -0.2) is 0 Å². The van der Waals surface area contributed by atoms with Crippen molar-refractivity contribution >= 4 is 11.4 Å². The quantitative estimate of drug-likeness (QED) is 0.692. The molecule has 0 aliphatic rings. The van der Waals surface area contributed by atoms with Crippen LogP contribution in [0.3, 0.4) is 0 Å². The van der Waals surface area contributed by atoms with Gasteiger partial charge in [0.1, 0.15) is 0 Å². The number of hydrogen-bond acceptors (Lipinski definition) is 3. The number of benzene rings is 1. The van der Waals surface area contributed by atoms with Gasteiger partial charge in [0.25, 0.3) is 0 Å². The lowest BCUT2D eigenvalue weighted by atomic mass is 10.0. The van der Waals surface area contributed by atoms with Crippen LogP contribution in [0, 0.1) is 6.92 Å². The third kappa shape index (κ3) is 1.76. The molecule has 0 spiro atoms. The van der Waals surface area contributed by atoms with Crippen molar-refractivity contribution in [3.8, 4) is 11.3 Å². The minimum absolute atomic E-state index is 0.698. The molecule has 0 saturated carbocycles. The number of anilines is 2. The highest BCUT2D eigenvalue weighted by Crippen LogP contribution is 2.28. The van der Waals surface area contributed by atoms with Crippen molar-refractivity contribution in [3.63, 3.8) is 0 Å². The summed E-state index contributed by atoms with van der Waals surface area (Å²) in [5.74, 6) is 0. The Bertz CT molecular complexity index is 492. The van der Waals surface area contributed by atoms with E-state index >= 15 is 0 Å². The molecule has 76 valence electrons. The molecular formula is C12H13N3. The van der Waals surface area contributed by atoms with E-state index in [9.17, 15) is 0 Å². The Morgan fingerprint density at radius 1 is 1.13 bits per heavy atom. The predicted molar refractivity (Wildman–Crippen MR) is 63.2 cm³/mol. The molecule has 0 saturated heterocycles. The summed E-state index contributed by atoms with van der Waals surface area (Å²) in [6.07, 6.45) is 1.75. The van der Waals surface area contributed by atoms with E-state index in [1.165, 1.54) is 0 Å². The van der Waals surface area contributed by atoms with Crippen LogP contribution in [0.1, 0.15) is 5.56 Å². The first-order valence-corrected chi connectivity index (χ1v) is 4.75. The van der Waals surface area contributed by atoms with E-state index in [-0.39, 0.29) is 0 Å². The Labute approximate surface area is 88.8 Å². The van der Waals surface area contributed by atoms with Crippen LogP contribution < -0.4 is 11.5 Å². The van der Waals surface area contributed by atoms with Gasteiger partial charge in [-0.3, -0.25) is 4.98 Å². The van der Waals surface area contributed by atoms with Crippen LogP contribution in [0.2, 0.25) is 0 Å². The van der Waals surface area contributed by atoms with Gasteiger partial charge in [-0.15, -0.1) is 0 Å². The van der Waals surface area contributed by atoms with Crippen LogP contribution in [0.15, 0.2) is 36.5 Å². The fourth-order valence-corrected chi connectivity index (χ4v) is 1.55. The standard InChI is InChI=1S/C12H13N3/c1-8-3-2-6-15-12(8)10-7-9(13)4-5-11(10)14/h2-7H,13-14H2,1H3. The Morgan fingerprint density at radius 3 is 2.67 bits per heavy atom. The van der Waals surface area contributed by atoms with E-state index in [0.29, 0.717) is 11.4 Å². The highest BCUT2D eigenvalue weighted by molar-refractivity contribution is 5.78. The lowest BCUT2D eigenvalue weighted by Crippen LogP contribution is -1.95. The number of aryl methyl sites for hydroxylation is 1. The van der Waals surface area contributed by atoms with Gasteiger partial charge >= 0.3 is 0 Å². The molecule has 0 fully saturated rings. The molecule has 0 bridgehead atoms. The lowest BCUT2D eigenvalue weighted by Gasteiger charge is -2.08. The Kier molecular flexibility index (Phi) is 2.29. The summed E-state index contributed by atoms with van der Waals surface area (Å²) in [7, 11) is 0. The maximum absolute atomic E-state index is 5.89. The van der Waals surface area contributed by atoms with Gasteiger partial charge in [-0.1, -0.05) is 6.07 Å². The summed E-state index contributed by atoms with van der Waals surface area (Å²) >= 11 is 0. The van der Waals surface area contributed by atoms with Crippen molar-refractivity contribution in [2.24, 2.45) is 0 Å². The largest absolute Gasteiger partial charge is 0.399 e. The molecule has 0 amide bonds. The maximum atomic E-state index is 5.89. The van der Waals surface area contributed by atoms with Gasteiger partial charge in [0.2, 0.25) is 0 Å². The molecule has 0 atom stereocenters. The number of hydrogen-bond donors (Lipinski definition) is 2. The SMILES string of the molecule is Cc1cccnc1-c1cc(N)ccc1N. The molecule has 1 heterocycles. The first-order valence-electron chi connectivity index (χ1n) is 4.75. The van der Waals surface area contributed by atoms with Crippen LogP contribution in [0.4, 0.5) is 11.4 Å². The Balaban J connectivity index is 2.64. The Morgan fingerprint density at radius 2 is 1.93 bits per heavy atom. The second-order valence-electron chi connectivity index (χ2n) is 3.52. The summed E-state index contributed by atoms with van der Waals surface area (Å²) in [5.41, 5.74) is 15.9. The first kappa shape index (κ1) is 9.52. The molecule has 15 heavy (non-hydrogen) atoms. The third-order valence-electron chi connectivity index (χ3n) is 2.34. The minimum Gasteiger partial charge on any atom is -0.399 e. The number of pyridine rings is 1. The zero-order chi connectivity index (χ0) is 10.8. The normalized spacial score (nSPS) is 10.2. The molecule has 0 aliphatic carbocycles.